The average molecular weight is 436 g/mol. The minimum absolute atomic E-state index is 0.294. The van der Waals surface area contributed by atoms with Crippen molar-refractivity contribution >= 4 is 5.97 Å². The molecule has 0 bridgehead atoms. The lowest BCUT2D eigenvalue weighted by Gasteiger charge is -2.26. The Kier molecular flexibility index (Phi) is 7.19. The van der Waals surface area contributed by atoms with E-state index in [0.717, 1.165) is 49.7 Å². The highest BCUT2D eigenvalue weighted by atomic mass is 16.5. The Morgan fingerprint density at radius 2 is 1.69 bits per heavy atom. The summed E-state index contributed by atoms with van der Waals surface area (Å²) in [6, 6.07) is 16.5. The number of nitrogens with zero attached hydrogens (tertiary/aromatic N) is 3. The first kappa shape index (κ1) is 22.0. The van der Waals surface area contributed by atoms with Crippen LogP contribution in [0.25, 0.3) is 16.8 Å². The standard InChI is InChI=1S/C25H29N3O4/c1-3-31-25(29)23-18-26-28(24(23)32-17-14-27-12-15-30-16-13-27)22-10-8-21(9-11-22)20-6-4-19(2)5-7-20/h4-11,18H,3,12-17H2,1-2H3. The van der Waals surface area contributed by atoms with Crippen molar-refractivity contribution in [3.05, 3.63) is 65.9 Å². The molecule has 0 aliphatic carbocycles. The van der Waals surface area contributed by atoms with Gasteiger partial charge in [0.2, 0.25) is 5.88 Å². The van der Waals surface area contributed by atoms with Crippen LogP contribution in [0.4, 0.5) is 0 Å². The molecule has 168 valence electrons. The molecular formula is C25H29N3O4. The van der Waals surface area contributed by atoms with Gasteiger partial charge in [0.15, 0.2) is 0 Å². The van der Waals surface area contributed by atoms with Gasteiger partial charge in [0.1, 0.15) is 12.2 Å². The number of aromatic nitrogens is 2. The number of rotatable bonds is 8. The van der Waals surface area contributed by atoms with E-state index in [4.69, 9.17) is 14.2 Å². The van der Waals surface area contributed by atoms with Crippen LogP contribution in [0.5, 0.6) is 5.88 Å². The topological polar surface area (TPSA) is 65.8 Å². The second-order valence-electron chi connectivity index (χ2n) is 7.71. The van der Waals surface area contributed by atoms with Crippen molar-refractivity contribution in [3.8, 4) is 22.7 Å². The second-order valence-corrected chi connectivity index (χ2v) is 7.71. The van der Waals surface area contributed by atoms with Crippen molar-refractivity contribution in [1.29, 1.82) is 0 Å². The number of aryl methyl sites for hydroxylation is 1. The van der Waals surface area contributed by atoms with Gasteiger partial charge in [0.25, 0.3) is 0 Å². The highest BCUT2D eigenvalue weighted by molar-refractivity contribution is 5.92. The van der Waals surface area contributed by atoms with Gasteiger partial charge in [-0.1, -0.05) is 42.0 Å². The lowest BCUT2D eigenvalue weighted by Crippen LogP contribution is -2.38. The molecule has 7 heteroatoms. The van der Waals surface area contributed by atoms with Crippen molar-refractivity contribution in [3.63, 3.8) is 0 Å². The first-order valence-corrected chi connectivity index (χ1v) is 11.0. The van der Waals surface area contributed by atoms with E-state index >= 15 is 0 Å². The zero-order valence-electron chi connectivity index (χ0n) is 18.6. The van der Waals surface area contributed by atoms with Gasteiger partial charge >= 0.3 is 5.97 Å². The Balaban J connectivity index is 1.55. The molecular weight excluding hydrogens is 406 g/mol. The van der Waals surface area contributed by atoms with Gasteiger partial charge in [-0.05, 0) is 37.1 Å². The average Bonchev–Trinajstić information content (AvgIpc) is 3.24. The summed E-state index contributed by atoms with van der Waals surface area (Å²) in [5, 5.41) is 4.43. The van der Waals surface area contributed by atoms with Crippen LogP contribution in [0, 0.1) is 6.92 Å². The van der Waals surface area contributed by atoms with Crippen molar-refractivity contribution in [2.75, 3.05) is 46.1 Å². The Labute approximate surface area is 188 Å². The molecule has 0 spiro atoms. The SMILES string of the molecule is CCOC(=O)c1cnn(-c2ccc(-c3ccc(C)cc3)cc2)c1OCCN1CCOCC1. The number of carbonyl (C=O) groups is 1. The maximum Gasteiger partial charge on any atom is 0.345 e. The third kappa shape index (κ3) is 5.18. The van der Waals surface area contributed by atoms with Crippen molar-refractivity contribution in [1.82, 2.24) is 14.7 Å². The van der Waals surface area contributed by atoms with Gasteiger partial charge in [-0.2, -0.15) is 5.10 Å². The molecule has 1 aromatic heterocycles. The van der Waals surface area contributed by atoms with Crippen LogP contribution in [0.2, 0.25) is 0 Å². The molecule has 0 atom stereocenters. The number of morpholine rings is 1. The molecule has 1 saturated heterocycles. The van der Waals surface area contributed by atoms with E-state index in [1.54, 1.807) is 11.6 Å². The maximum absolute atomic E-state index is 12.5. The molecule has 7 nitrogen and oxygen atoms in total. The fraction of sp³-hybridized carbons (Fsp3) is 0.360. The van der Waals surface area contributed by atoms with Crippen LogP contribution in [-0.2, 0) is 9.47 Å². The molecule has 0 amide bonds. The van der Waals surface area contributed by atoms with Gasteiger partial charge in [-0.25, -0.2) is 9.48 Å². The number of esters is 1. The Morgan fingerprint density at radius 1 is 1.03 bits per heavy atom. The van der Waals surface area contributed by atoms with E-state index in [1.165, 1.54) is 11.8 Å². The molecule has 4 rings (SSSR count). The zero-order chi connectivity index (χ0) is 22.3. The highest BCUT2D eigenvalue weighted by Gasteiger charge is 2.22. The van der Waals surface area contributed by atoms with Crippen LogP contribution < -0.4 is 4.74 Å². The normalized spacial score (nSPS) is 14.3. The minimum atomic E-state index is -0.434. The summed E-state index contributed by atoms with van der Waals surface area (Å²) in [4.78, 5) is 14.7. The van der Waals surface area contributed by atoms with Crippen molar-refractivity contribution in [2.45, 2.75) is 13.8 Å². The van der Waals surface area contributed by atoms with Crippen LogP contribution in [0.3, 0.4) is 0 Å². The van der Waals surface area contributed by atoms with Crippen LogP contribution >= 0.6 is 0 Å². The molecule has 0 N–H and O–H groups in total. The van der Waals surface area contributed by atoms with Crippen LogP contribution in [-0.4, -0.2) is 66.7 Å². The molecule has 3 aromatic rings. The summed E-state index contributed by atoms with van der Waals surface area (Å²) in [6.45, 7) is 8.59. The molecule has 1 fully saturated rings. The Morgan fingerprint density at radius 3 is 2.34 bits per heavy atom. The quantitative estimate of drug-likeness (QED) is 0.502. The summed E-state index contributed by atoms with van der Waals surface area (Å²) in [6.07, 6.45) is 1.51. The summed E-state index contributed by atoms with van der Waals surface area (Å²) < 4.78 is 18.3. The molecule has 1 aliphatic rings. The molecule has 32 heavy (non-hydrogen) atoms. The maximum atomic E-state index is 12.5. The Bertz CT molecular complexity index is 1020. The van der Waals surface area contributed by atoms with Gasteiger partial charge < -0.3 is 14.2 Å². The summed E-state index contributed by atoms with van der Waals surface area (Å²) in [7, 11) is 0. The lowest BCUT2D eigenvalue weighted by molar-refractivity contribution is 0.0316. The number of hydrogen-bond acceptors (Lipinski definition) is 6. The fourth-order valence-corrected chi connectivity index (χ4v) is 3.65. The highest BCUT2D eigenvalue weighted by Crippen LogP contribution is 2.26. The first-order valence-electron chi connectivity index (χ1n) is 11.0. The fourth-order valence-electron chi connectivity index (χ4n) is 3.65. The van der Waals surface area contributed by atoms with E-state index in [1.807, 2.05) is 24.3 Å². The zero-order valence-corrected chi connectivity index (χ0v) is 18.6. The number of hydrogen-bond donors (Lipinski definition) is 0. The summed E-state index contributed by atoms with van der Waals surface area (Å²) >= 11 is 0. The molecule has 2 aromatic carbocycles. The smallest absolute Gasteiger partial charge is 0.345 e. The predicted molar refractivity (Wildman–Crippen MR) is 122 cm³/mol. The molecule has 1 aliphatic heterocycles. The predicted octanol–water partition coefficient (Wildman–Crippen LogP) is 3.74. The molecule has 0 radical (unpaired) electrons. The van der Waals surface area contributed by atoms with Gasteiger partial charge in [-0.15, -0.1) is 0 Å². The van der Waals surface area contributed by atoms with E-state index in [9.17, 15) is 4.79 Å². The van der Waals surface area contributed by atoms with Gasteiger partial charge in [0, 0.05) is 19.6 Å². The minimum Gasteiger partial charge on any atom is -0.476 e. The molecule has 0 unspecified atom stereocenters. The van der Waals surface area contributed by atoms with Gasteiger partial charge in [0.05, 0.1) is 31.7 Å². The number of carbonyl (C=O) groups excluding carboxylic acids is 1. The Hall–Kier alpha value is -3.16. The van der Waals surface area contributed by atoms with E-state index in [0.29, 0.717) is 24.7 Å². The summed E-state index contributed by atoms with van der Waals surface area (Å²) in [5.41, 5.74) is 4.64. The van der Waals surface area contributed by atoms with Gasteiger partial charge in [-0.3, -0.25) is 4.90 Å². The van der Waals surface area contributed by atoms with E-state index < -0.39 is 5.97 Å². The number of benzene rings is 2. The second kappa shape index (κ2) is 10.4. The van der Waals surface area contributed by atoms with Crippen LogP contribution in [0.1, 0.15) is 22.8 Å². The number of ether oxygens (including phenoxy) is 3. The monoisotopic (exact) mass is 435 g/mol. The largest absolute Gasteiger partial charge is 0.476 e. The summed E-state index contributed by atoms with van der Waals surface area (Å²) in [5.74, 6) is -0.0313. The van der Waals surface area contributed by atoms with E-state index in [2.05, 4.69) is 41.2 Å². The van der Waals surface area contributed by atoms with Crippen molar-refractivity contribution < 1.29 is 19.0 Å². The van der Waals surface area contributed by atoms with Crippen LogP contribution in [0.15, 0.2) is 54.7 Å². The molecule has 2 heterocycles. The van der Waals surface area contributed by atoms with E-state index in [-0.39, 0.29) is 0 Å². The third-order valence-electron chi connectivity index (χ3n) is 5.47. The first-order chi connectivity index (χ1) is 15.7. The third-order valence-corrected chi connectivity index (χ3v) is 5.47. The lowest BCUT2D eigenvalue weighted by atomic mass is 10.0. The van der Waals surface area contributed by atoms with Crippen molar-refractivity contribution in [2.24, 2.45) is 0 Å². The molecule has 0 saturated carbocycles.